The third kappa shape index (κ3) is 3.76. The Bertz CT molecular complexity index is 869. The van der Waals surface area contributed by atoms with Crippen LogP contribution < -0.4 is 0 Å². The lowest BCUT2D eigenvalue weighted by atomic mass is 9.76. The van der Waals surface area contributed by atoms with Gasteiger partial charge in [0.1, 0.15) is 5.69 Å². The average Bonchev–Trinajstić information content (AvgIpc) is 2.66. The zero-order valence-corrected chi connectivity index (χ0v) is 16.9. The van der Waals surface area contributed by atoms with Crippen molar-refractivity contribution in [1.29, 1.82) is 0 Å². The largest absolute Gasteiger partial charge is 0.393 e. The molecule has 1 amide bonds. The van der Waals surface area contributed by atoms with Crippen molar-refractivity contribution < 1.29 is 14.6 Å². The number of carbonyl (C=O) groups excluding carboxylic acids is 1. The summed E-state index contributed by atoms with van der Waals surface area (Å²) in [6, 6.07) is 7.56. The van der Waals surface area contributed by atoms with Crippen LogP contribution in [0.15, 0.2) is 30.5 Å². The van der Waals surface area contributed by atoms with Gasteiger partial charge in [0.15, 0.2) is 0 Å². The lowest BCUT2D eigenvalue weighted by Crippen LogP contribution is -2.55. The second-order valence-corrected chi connectivity index (χ2v) is 9.29. The molecule has 1 N–H and O–H groups in total. The van der Waals surface area contributed by atoms with Crippen molar-refractivity contribution in [2.24, 2.45) is 5.41 Å². The molecule has 150 valence electrons. The van der Waals surface area contributed by atoms with Crippen LogP contribution in [0, 0.1) is 5.41 Å². The number of piperidine rings is 1. The Morgan fingerprint density at radius 3 is 2.57 bits per heavy atom. The first-order valence-electron chi connectivity index (χ1n) is 10.1. The summed E-state index contributed by atoms with van der Waals surface area (Å²) in [5.41, 5.74) is 1.55. The van der Waals surface area contributed by atoms with Crippen molar-refractivity contribution in [3.63, 3.8) is 0 Å². The van der Waals surface area contributed by atoms with Crippen molar-refractivity contribution in [1.82, 2.24) is 14.9 Å². The van der Waals surface area contributed by atoms with Gasteiger partial charge in [-0.15, -0.1) is 0 Å². The second-order valence-electron chi connectivity index (χ2n) is 9.29. The number of benzene rings is 1. The summed E-state index contributed by atoms with van der Waals surface area (Å²) in [7, 11) is 0. The van der Waals surface area contributed by atoms with Crippen LogP contribution in [-0.4, -0.2) is 56.8 Å². The minimum atomic E-state index is -0.341. The molecule has 1 aromatic carbocycles. The van der Waals surface area contributed by atoms with Crippen molar-refractivity contribution in [2.45, 2.75) is 64.3 Å². The number of hydrogen-bond acceptors (Lipinski definition) is 5. The van der Waals surface area contributed by atoms with Gasteiger partial charge in [0.25, 0.3) is 5.91 Å². The van der Waals surface area contributed by atoms with Crippen LogP contribution in [0.1, 0.15) is 56.9 Å². The first-order valence-corrected chi connectivity index (χ1v) is 10.1. The van der Waals surface area contributed by atoms with E-state index >= 15 is 0 Å². The molecule has 2 atom stereocenters. The highest BCUT2D eigenvalue weighted by Gasteiger charge is 2.46. The molecule has 1 spiro atoms. The van der Waals surface area contributed by atoms with E-state index < -0.39 is 0 Å². The van der Waals surface area contributed by atoms with Gasteiger partial charge in [-0.2, -0.15) is 0 Å². The molecule has 6 nitrogen and oxygen atoms in total. The first kappa shape index (κ1) is 19.3. The van der Waals surface area contributed by atoms with Crippen LogP contribution in [-0.2, 0) is 4.74 Å². The van der Waals surface area contributed by atoms with Crippen LogP contribution in [0.5, 0.6) is 0 Å². The Labute approximate surface area is 165 Å². The molecule has 2 fully saturated rings. The molecule has 0 unspecified atom stereocenters. The number of aliphatic hydroxyl groups is 1. The molecule has 0 radical (unpaired) electrons. The molecule has 0 saturated carbocycles. The maximum atomic E-state index is 12.9. The summed E-state index contributed by atoms with van der Waals surface area (Å²) in [6.07, 6.45) is 4.06. The SMILES string of the molecule is CC(C)(C)[C@H]1C[C@@H](O)CC2(CCN(C(=O)c3cnc4ccccc4n3)CC2)O1. The number of nitrogens with zero attached hydrogens (tertiary/aromatic N) is 3. The Balaban J connectivity index is 1.46. The summed E-state index contributed by atoms with van der Waals surface area (Å²) in [5, 5.41) is 10.4. The molecule has 3 heterocycles. The van der Waals surface area contributed by atoms with E-state index in [2.05, 4.69) is 30.7 Å². The number of rotatable bonds is 1. The third-order valence-corrected chi connectivity index (χ3v) is 6.08. The van der Waals surface area contributed by atoms with Gasteiger partial charge in [0, 0.05) is 25.9 Å². The van der Waals surface area contributed by atoms with Crippen LogP contribution in [0.4, 0.5) is 0 Å². The summed E-state index contributed by atoms with van der Waals surface area (Å²) >= 11 is 0. The molecule has 2 saturated heterocycles. The number of aromatic nitrogens is 2. The highest BCUT2D eigenvalue weighted by molar-refractivity contribution is 5.93. The maximum absolute atomic E-state index is 12.9. The van der Waals surface area contributed by atoms with E-state index in [-0.39, 0.29) is 29.1 Å². The number of para-hydroxylation sites is 2. The zero-order chi connectivity index (χ0) is 19.9. The van der Waals surface area contributed by atoms with Gasteiger partial charge < -0.3 is 14.7 Å². The van der Waals surface area contributed by atoms with Gasteiger partial charge >= 0.3 is 0 Å². The predicted molar refractivity (Wildman–Crippen MR) is 107 cm³/mol. The molecule has 4 rings (SSSR count). The fraction of sp³-hybridized carbons (Fsp3) is 0.591. The molecular formula is C22H29N3O3. The molecule has 2 aliphatic heterocycles. The van der Waals surface area contributed by atoms with Gasteiger partial charge in [0.05, 0.1) is 35.0 Å². The standard InChI is InChI=1S/C22H29N3O3/c1-21(2,3)19-12-15(26)13-22(28-19)8-10-25(11-9-22)20(27)18-14-23-16-6-4-5-7-17(16)24-18/h4-7,14-15,19,26H,8-13H2,1-3H3/t15-,19-/m1/s1. The molecule has 0 bridgehead atoms. The summed E-state index contributed by atoms with van der Waals surface area (Å²) < 4.78 is 6.52. The van der Waals surface area contributed by atoms with E-state index in [4.69, 9.17) is 4.74 Å². The van der Waals surface area contributed by atoms with Crippen molar-refractivity contribution in [3.05, 3.63) is 36.2 Å². The number of aliphatic hydroxyl groups excluding tert-OH is 1. The number of carbonyl (C=O) groups is 1. The molecule has 2 aromatic rings. The minimum absolute atomic E-state index is 0.0119. The van der Waals surface area contributed by atoms with E-state index in [0.29, 0.717) is 31.6 Å². The van der Waals surface area contributed by atoms with Gasteiger partial charge in [-0.1, -0.05) is 32.9 Å². The monoisotopic (exact) mass is 383 g/mol. The van der Waals surface area contributed by atoms with Crippen LogP contribution in [0.3, 0.4) is 0 Å². The lowest BCUT2D eigenvalue weighted by Gasteiger charge is -2.50. The molecule has 6 heteroatoms. The number of amides is 1. The fourth-order valence-corrected chi connectivity index (χ4v) is 4.35. The normalized spacial score (nSPS) is 25.2. The zero-order valence-electron chi connectivity index (χ0n) is 16.9. The maximum Gasteiger partial charge on any atom is 0.274 e. The van der Waals surface area contributed by atoms with Gasteiger partial charge in [-0.3, -0.25) is 9.78 Å². The smallest absolute Gasteiger partial charge is 0.274 e. The molecular weight excluding hydrogens is 354 g/mol. The van der Waals surface area contributed by atoms with E-state index in [0.717, 1.165) is 23.9 Å². The number of likely N-dealkylation sites (tertiary alicyclic amines) is 1. The second kappa shape index (κ2) is 7.08. The van der Waals surface area contributed by atoms with Gasteiger partial charge in [-0.05, 0) is 30.4 Å². The van der Waals surface area contributed by atoms with Crippen molar-refractivity contribution in [3.8, 4) is 0 Å². The number of hydrogen-bond donors (Lipinski definition) is 1. The van der Waals surface area contributed by atoms with Gasteiger partial charge in [-0.25, -0.2) is 4.98 Å². The molecule has 2 aliphatic rings. The minimum Gasteiger partial charge on any atom is -0.393 e. The van der Waals surface area contributed by atoms with Crippen molar-refractivity contribution in [2.75, 3.05) is 13.1 Å². The number of ether oxygens (including phenoxy) is 1. The molecule has 0 aliphatic carbocycles. The summed E-state index contributed by atoms with van der Waals surface area (Å²) in [4.78, 5) is 23.6. The Morgan fingerprint density at radius 1 is 1.21 bits per heavy atom. The van der Waals surface area contributed by atoms with E-state index in [9.17, 15) is 9.90 Å². The summed E-state index contributed by atoms with van der Waals surface area (Å²) in [6.45, 7) is 7.68. The summed E-state index contributed by atoms with van der Waals surface area (Å²) in [5.74, 6) is -0.0863. The molecule has 28 heavy (non-hydrogen) atoms. The highest BCUT2D eigenvalue weighted by atomic mass is 16.5. The van der Waals surface area contributed by atoms with Crippen molar-refractivity contribution >= 4 is 16.9 Å². The number of fused-ring (bicyclic) bond motifs is 1. The topological polar surface area (TPSA) is 75.5 Å². The van der Waals surface area contributed by atoms with Crippen LogP contribution >= 0.6 is 0 Å². The third-order valence-electron chi connectivity index (χ3n) is 6.08. The highest BCUT2D eigenvalue weighted by Crippen LogP contribution is 2.42. The Hall–Kier alpha value is -2.05. The first-order chi connectivity index (χ1) is 13.3. The Morgan fingerprint density at radius 2 is 1.89 bits per heavy atom. The Kier molecular flexibility index (Phi) is 4.88. The van der Waals surface area contributed by atoms with Crippen LogP contribution in [0.25, 0.3) is 11.0 Å². The molecule has 1 aromatic heterocycles. The fourth-order valence-electron chi connectivity index (χ4n) is 4.35. The van der Waals surface area contributed by atoms with E-state index in [1.165, 1.54) is 0 Å². The lowest BCUT2D eigenvalue weighted by molar-refractivity contribution is -0.205. The van der Waals surface area contributed by atoms with Crippen LogP contribution in [0.2, 0.25) is 0 Å². The predicted octanol–water partition coefficient (Wildman–Crippen LogP) is 3.19. The quantitative estimate of drug-likeness (QED) is 0.818. The average molecular weight is 383 g/mol. The van der Waals surface area contributed by atoms with Gasteiger partial charge in [0.2, 0.25) is 0 Å². The van der Waals surface area contributed by atoms with E-state index in [1.54, 1.807) is 6.20 Å². The van der Waals surface area contributed by atoms with E-state index in [1.807, 2.05) is 29.2 Å².